The van der Waals surface area contributed by atoms with E-state index in [9.17, 15) is 9.59 Å². The molecule has 0 unspecified atom stereocenters. The second kappa shape index (κ2) is 5.92. The van der Waals surface area contributed by atoms with Gasteiger partial charge in [-0.05, 0) is 23.8 Å². The van der Waals surface area contributed by atoms with E-state index >= 15 is 0 Å². The number of aliphatic carboxylic acids is 1. The number of methoxy groups -OCH3 is 1. The standard InChI is InChI=1S/C14H18N2O4/c1-15(6-5-14(18)19)11-3-4-12-10(7-11)8-13(17)16(12)9-20-2/h3-4,7H,5-6,8-9H2,1-2H3,(H,18,19). The zero-order chi connectivity index (χ0) is 14.7. The first kappa shape index (κ1) is 14.3. The van der Waals surface area contributed by atoms with Crippen LogP contribution in [0.2, 0.25) is 0 Å². The highest BCUT2D eigenvalue weighted by molar-refractivity contribution is 6.01. The average molecular weight is 278 g/mol. The van der Waals surface area contributed by atoms with Crippen molar-refractivity contribution >= 4 is 23.3 Å². The highest BCUT2D eigenvalue weighted by Crippen LogP contribution is 2.32. The number of benzene rings is 1. The third-order valence-electron chi connectivity index (χ3n) is 3.36. The average Bonchev–Trinajstić information content (AvgIpc) is 2.72. The Morgan fingerprint density at radius 3 is 2.90 bits per heavy atom. The molecule has 1 amide bonds. The molecule has 108 valence electrons. The maximum absolute atomic E-state index is 11.9. The molecule has 0 aliphatic carbocycles. The van der Waals surface area contributed by atoms with Crippen LogP contribution in [0.3, 0.4) is 0 Å². The van der Waals surface area contributed by atoms with Crippen molar-refractivity contribution in [1.82, 2.24) is 0 Å². The molecule has 0 atom stereocenters. The third-order valence-corrected chi connectivity index (χ3v) is 3.36. The Morgan fingerprint density at radius 1 is 1.50 bits per heavy atom. The molecule has 20 heavy (non-hydrogen) atoms. The molecule has 0 saturated heterocycles. The van der Waals surface area contributed by atoms with Gasteiger partial charge in [0.15, 0.2) is 0 Å². The fraction of sp³-hybridized carbons (Fsp3) is 0.429. The van der Waals surface area contributed by atoms with Gasteiger partial charge in [0.1, 0.15) is 6.73 Å². The number of rotatable bonds is 6. The van der Waals surface area contributed by atoms with E-state index < -0.39 is 5.97 Å². The molecule has 1 N–H and O–H groups in total. The van der Waals surface area contributed by atoms with Gasteiger partial charge >= 0.3 is 5.97 Å². The minimum absolute atomic E-state index is 0.0205. The van der Waals surface area contributed by atoms with Crippen molar-refractivity contribution in [1.29, 1.82) is 0 Å². The number of carbonyl (C=O) groups excluding carboxylic acids is 1. The summed E-state index contributed by atoms with van der Waals surface area (Å²) in [5, 5.41) is 8.70. The molecule has 0 fully saturated rings. The summed E-state index contributed by atoms with van der Waals surface area (Å²) in [5.41, 5.74) is 2.73. The predicted molar refractivity (Wildman–Crippen MR) is 75.0 cm³/mol. The first-order valence-electron chi connectivity index (χ1n) is 6.38. The van der Waals surface area contributed by atoms with Crippen molar-refractivity contribution in [3.05, 3.63) is 23.8 Å². The molecule has 0 aromatic heterocycles. The van der Waals surface area contributed by atoms with Crippen molar-refractivity contribution < 1.29 is 19.4 Å². The van der Waals surface area contributed by atoms with Gasteiger partial charge in [0.2, 0.25) is 5.91 Å². The van der Waals surface area contributed by atoms with Crippen LogP contribution in [-0.4, -0.2) is 44.4 Å². The number of hydrogen-bond acceptors (Lipinski definition) is 4. The summed E-state index contributed by atoms with van der Waals surface area (Å²) in [6.45, 7) is 0.684. The largest absolute Gasteiger partial charge is 0.481 e. The van der Waals surface area contributed by atoms with Crippen molar-refractivity contribution in [2.24, 2.45) is 0 Å². The lowest BCUT2D eigenvalue weighted by Gasteiger charge is -2.20. The molecule has 1 aliphatic rings. The topological polar surface area (TPSA) is 70.1 Å². The van der Waals surface area contributed by atoms with Crippen LogP contribution in [0.25, 0.3) is 0 Å². The molecule has 6 heteroatoms. The van der Waals surface area contributed by atoms with E-state index in [-0.39, 0.29) is 19.1 Å². The zero-order valence-corrected chi connectivity index (χ0v) is 11.6. The highest BCUT2D eigenvalue weighted by Gasteiger charge is 2.27. The summed E-state index contributed by atoms with van der Waals surface area (Å²) < 4.78 is 5.03. The van der Waals surface area contributed by atoms with Gasteiger partial charge in [-0.2, -0.15) is 0 Å². The van der Waals surface area contributed by atoms with Crippen LogP contribution in [0, 0.1) is 0 Å². The molecule has 0 bridgehead atoms. The second-order valence-electron chi connectivity index (χ2n) is 4.79. The van der Waals surface area contributed by atoms with Crippen LogP contribution in [0.5, 0.6) is 0 Å². The smallest absolute Gasteiger partial charge is 0.305 e. The fourth-order valence-electron chi connectivity index (χ4n) is 2.27. The number of ether oxygens (including phenoxy) is 1. The van der Waals surface area contributed by atoms with Crippen LogP contribution in [0.15, 0.2) is 18.2 Å². The summed E-state index contributed by atoms with van der Waals surface area (Å²) in [6.07, 6.45) is 0.446. The number of anilines is 2. The lowest BCUT2D eigenvalue weighted by atomic mass is 10.1. The van der Waals surface area contributed by atoms with E-state index in [1.165, 1.54) is 0 Å². The Bertz CT molecular complexity index is 530. The monoisotopic (exact) mass is 278 g/mol. The van der Waals surface area contributed by atoms with Crippen LogP contribution < -0.4 is 9.80 Å². The third kappa shape index (κ3) is 2.91. The van der Waals surface area contributed by atoms with E-state index in [0.29, 0.717) is 13.0 Å². The summed E-state index contributed by atoms with van der Waals surface area (Å²) in [7, 11) is 3.40. The quantitative estimate of drug-likeness (QED) is 0.843. The lowest BCUT2D eigenvalue weighted by molar-refractivity contribution is -0.136. The SMILES string of the molecule is COCN1C(=O)Cc2cc(N(C)CCC(=O)O)ccc21. The lowest BCUT2D eigenvalue weighted by Crippen LogP contribution is -2.28. The molecular weight excluding hydrogens is 260 g/mol. The summed E-state index contributed by atoms with van der Waals surface area (Å²) >= 11 is 0. The molecule has 1 aliphatic heterocycles. The number of carboxylic acids is 1. The van der Waals surface area contributed by atoms with Gasteiger partial charge in [0.25, 0.3) is 0 Å². The molecule has 6 nitrogen and oxygen atoms in total. The fourth-order valence-corrected chi connectivity index (χ4v) is 2.27. The van der Waals surface area contributed by atoms with E-state index in [0.717, 1.165) is 16.9 Å². The van der Waals surface area contributed by atoms with Gasteiger partial charge < -0.3 is 14.7 Å². The van der Waals surface area contributed by atoms with Crippen molar-refractivity contribution in [2.75, 3.05) is 37.2 Å². The number of nitrogens with zero attached hydrogens (tertiary/aromatic N) is 2. The minimum Gasteiger partial charge on any atom is -0.481 e. The molecule has 1 heterocycles. The summed E-state index contributed by atoms with van der Waals surface area (Å²) in [5.74, 6) is -0.799. The predicted octanol–water partition coefficient (Wildman–Crippen LogP) is 1.09. The van der Waals surface area contributed by atoms with Gasteiger partial charge in [0.05, 0.1) is 12.8 Å². The molecule has 2 rings (SSSR count). The Hall–Kier alpha value is -2.08. The molecule has 0 radical (unpaired) electrons. The number of hydrogen-bond donors (Lipinski definition) is 1. The Kier molecular flexibility index (Phi) is 4.24. The molecule has 0 spiro atoms. The molecule has 0 saturated carbocycles. The minimum atomic E-state index is -0.820. The van der Waals surface area contributed by atoms with Gasteiger partial charge in [-0.25, -0.2) is 0 Å². The Balaban J connectivity index is 2.15. The van der Waals surface area contributed by atoms with Crippen LogP contribution in [0.4, 0.5) is 11.4 Å². The van der Waals surface area contributed by atoms with Gasteiger partial charge in [-0.1, -0.05) is 0 Å². The number of carbonyl (C=O) groups is 2. The normalized spacial score (nSPS) is 13.5. The van der Waals surface area contributed by atoms with Crippen molar-refractivity contribution in [2.45, 2.75) is 12.8 Å². The number of carboxylic acid groups (broad SMARTS) is 1. The van der Waals surface area contributed by atoms with Crippen LogP contribution >= 0.6 is 0 Å². The van der Waals surface area contributed by atoms with E-state index in [2.05, 4.69) is 0 Å². The number of fused-ring (bicyclic) bond motifs is 1. The summed E-state index contributed by atoms with van der Waals surface area (Å²) in [6, 6.07) is 5.71. The van der Waals surface area contributed by atoms with Crippen molar-refractivity contribution in [3.63, 3.8) is 0 Å². The second-order valence-corrected chi connectivity index (χ2v) is 4.79. The Morgan fingerprint density at radius 2 is 2.25 bits per heavy atom. The van der Waals surface area contributed by atoms with E-state index in [1.807, 2.05) is 30.1 Å². The van der Waals surface area contributed by atoms with Crippen LogP contribution in [-0.2, 0) is 20.7 Å². The molecule has 1 aromatic rings. The van der Waals surface area contributed by atoms with Gasteiger partial charge in [-0.3, -0.25) is 14.5 Å². The molecule has 1 aromatic carbocycles. The first-order chi connectivity index (χ1) is 9.52. The maximum atomic E-state index is 11.9. The maximum Gasteiger partial charge on any atom is 0.305 e. The zero-order valence-electron chi connectivity index (χ0n) is 11.6. The molecular formula is C14H18N2O4. The van der Waals surface area contributed by atoms with E-state index in [1.54, 1.807) is 12.0 Å². The van der Waals surface area contributed by atoms with Gasteiger partial charge in [0, 0.05) is 32.1 Å². The number of amides is 1. The summed E-state index contributed by atoms with van der Waals surface area (Å²) in [4.78, 5) is 25.9. The van der Waals surface area contributed by atoms with Crippen molar-refractivity contribution in [3.8, 4) is 0 Å². The van der Waals surface area contributed by atoms with Crippen LogP contribution in [0.1, 0.15) is 12.0 Å². The van der Waals surface area contributed by atoms with Gasteiger partial charge in [-0.15, -0.1) is 0 Å². The highest BCUT2D eigenvalue weighted by atomic mass is 16.5. The first-order valence-corrected chi connectivity index (χ1v) is 6.38. The van der Waals surface area contributed by atoms with E-state index in [4.69, 9.17) is 9.84 Å². The Labute approximate surface area is 117 Å².